The van der Waals surface area contributed by atoms with E-state index in [1.54, 1.807) is 0 Å². The van der Waals surface area contributed by atoms with Crippen LogP contribution in [0.3, 0.4) is 0 Å². The van der Waals surface area contributed by atoms with Crippen molar-refractivity contribution < 1.29 is 14.6 Å². The Balaban J connectivity index is 2.02. The van der Waals surface area contributed by atoms with Gasteiger partial charge in [0.15, 0.2) is 0 Å². The Labute approximate surface area is 129 Å². The molecule has 0 aromatic heterocycles. The van der Waals surface area contributed by atoms with Crippen molar-refractivity contribution in [2.45, 2.75) is 58.2 Å². The summed E-state index contributed by atoms with van der Waals surface area (Å²) in [5.74, 6) is 0.675. The SMILES string of the molecule is C=C(C)COCCNCC(O)COC1CCCCC1CC. The lowest BCUT2D eigenvalue weighted by molar-refractivity contribution is -0.0500. The predicted molar refractivity (Wildman–Crippen MR) is 86.5 cm³/mol. The van der Waals surface area contributed by atoms with E-state index in [9.17, 15) is 5.11 Å². The lowest BCUT2D eigenvalue weighted by Gasteiger charge is -2.31. The number of nitrogens with one attached hydrogen (secondary N) is 1. The molecule has 3 atom stereocenters. The van der Waals surface area contributed by atoms with Gasteiger partial charge in [-0.25, -0.2) is 0 Å². The summed E-state index contributed by atoms with van der Waals surface area (Å²) < 4.78 is 11.3. The number of ether oxygens (including phenoxy) is 2. The summed E-state index contributed by atoms with van der Waals surface area (Å²) in [7, 11) is 0. The van der Waals surface area contributed by atoms with Crippen LogP contribution >= 0.6 is 0 Å². The van der Waals surface area contributed by atoms with Gasteiger partial charge in [0.25, 0.3) is 0 Å². The van der Waals surface area contributed by atoms with Crippen LogP contribution in [0.25, 0.3) is 0 Å². The second kappa shape index (κ2) is 11.2. The molecular formula is C17H33NO3. The minimum absolute atomic E-state index is 0.345. The highest BCUT2D eigenvalue weighted by Crippen LogP contribution is 2.29. The second-order valence-corrected chi connectivity index (χ2v) is 6.19. The Kier molecular flexibility index (Phi) is 9.92. The third-order valence-electron chi connectivity index (χ3n) is 4.02. The molecule has 1 aliphatic carbocycles. The zero-order chi connectivity index (χ0) is 15.5. The van der Waals surface area contributed by atoms with Crippen molar-refractivity contribution in [1.82, 2.24) is 5.32 Å². The Hall–Kier alpha value is -0.420. The molecule has 0 saturated heterocycles. The highest BCUT2D eigenvalue weighted by Gasteiger charge is 2.24. The molecule has 3 unspecified atom stereocenters. The highest BCUT2D eigenvalue weighted by atomic mass is 16.5. The van der Waals surface area contributed by atoms with Crippen LogP contribution in [0.4, 0.5) is 0 Å². The lowest BCUT2D eigenvalue weighted by Crippen LogP contribution is -2.36. The fourth-order valence-electron chi connectivity index (χ4n) is 2.81. The normalized spacial score (nSPS) is 24.0. The Bertz CT molecular complexity index is 283. The highest BCUT2D eigenvalue weighted by molar-refractivity contribution is 4.87. The van der Waals surface area contributed by atoms with Gasteiger partial charge in [-0.1, -0.05) is 38.3 Å². The van der Waals surface area contributed by atoms with Crippen molar-refractivity contribution in [3.05, 3.63) is 12.2 Å². The minimum Gasteiger partial charge on any atom is -0.389 e. The summed E-state index contributed by atoms with van der Waals surface area (Å²) >= 11 is 0. The van der Waals surface area contributed by atoms with Crippen molar-refractivity contribution in [3.8, 4) is 0 Å². The molecule has 1 fully saturated rings. The van der Waals surface area contributed by atoms with E-state index in [1.807, 2.05) is 6.92 Å². The first-order chi connectivity index (χ1) is 10.1. The van der Waals surface area contributed by atoms with E-state index in [4.69, 9.17) is 9.47 Å². The van der Waals surface area contributed by atoms with Crippen molar-refractivity contribution in [2.24, 2.45) is 5.92 Å². The van der Waals surface area contributed by atoms with Gasteiger partial charge in [0.2, 0.25) is 0 Å². The first-order valence-electron chi connectivity index (χ1n) is 8.36. The Morgan fingerprint density at radius 3 is 2.86 bits per heavy atom. The van der Waals surface area contributed by atoms with Gasteiger partial charge in [0.05, 0.1) is 32.0 Å². The smallest absolute Gasteiger partial charge is 0.0897 e. The van der Waals surface area contributed by atoms with Gasteiger partial charge in [-0.3, -0.25) is 0 Å². The molecule has 0 heterocycles. The maximum Gasteiger partial charge on any atom is 0.0897 e. The molecule has 1 saturated carbocycles. The summed E-state index contributed by atoms with van der Waals surface area (Å²) in [4.78, 5) is 0. The molecule has 124 valence electrons. The average molecular weight is 299 g/mol. The average Bonchev–Trinajstić information content (AvgIpc) is 2.48. The largest absolute Gasteiger partial charge is 0.389 e. The van der Waals surface area contributed by atoms with Crippen LogP contribution < -0.4 is 5.32 Å². The van der Waals surface area contributed by atoms with Crippen molar-refractivity contribution in [2.75, 3.05) is 32.9 Å². The topological polar surface area (TPSA) is 50.7 Å². The van der Waals surface area contributed by atoms with Gasteiger partial charge in [-0.05, 0) is 25.7 Å². The van der Waals surface area contributed by atoms with E-state index in [0.29, 0.717) is 38.4 Å². The zero-order valence-electron chi connectivity index (χ0n) is 13.8. The third kappa shape index (κ3) is 8.57. The summed E-state index contributed by atoms with van der Waals surface area (Å²) in [5, 5.41) is 13.1. The molecule has 0 aromatic rings. The number of hydrogen-bond acceptors (Lipinski definition) is 4. The van der Waals surface area contributed by atoms with Gasteiger partial charge in [-0.2, -0.15) is 0 Å². The Morgan fingerprint density at radius 2 is 2.14 bits per heavy atom. The molecule has 2 N–H and O–H groups in total. The molecule has 0 radical (unpaired) electrons. The molecule has 0 amide bonds. The fraction of sp³-hybridized carbons (Fsp3) is 0.882. The minimum atomic E-state index is -0.439. The molecule has 4 heteroatoms. The predicted octanol–water partition coefficient (Wildman–Crippen LogP) is 2.52. The monoisotopic (exact) mass is 299 g/mol. The first kappa shape index (κ1) is 18.6. The quantitative estimate of drug-likeness (QED) is 0.455. The van der Waals surface area contributed by atoms with Gasteiger partial charge >= 0.3 is 0 Å². The van der Waals surface area contributed by atoms with Crippen LogP contribution in [0.15, 0.2) is 12.2 Å². The summed E-state index contributed by atoms with van der Waals surface area (Å²) in [6, 6.07) is 0. The number of aliphatic hydroxyl groups excluding tert-OH is 1. The molecule has 4 nitrogen and oxygen atoms in total. The molecule has 0 aromatic carbocycles. The first-order valence-corrected chi connectivity index (χ1v) is 8.36. The van der Waals surface area contributed by atoms with Gasteiger partial charge < -0.3 is 19.9 Å². The van der Waals surface area contributed by atoms with Crippen LogP contribution in [0.5, 0.6) is 0 Å². The molecule has 1 aliphatic rings. The van der Waals surface area contributed by atoms with E-state index < -0.39 is 6.10 Å². The number of rotatable bonds is 11. The summed E-state index contributed by atoms with van der Waals surface area (Å²) in [6.07, 6.45) is 6.09. The van der Waals surface area contributed by atoms with Gasteiger partial charge in [0.1, 0.15) is 0 Å². The molecule has 0 spiro atoms. The van der Waals surface area contributed by atoms with Gasteiger partial charge in [-0.15, -0.1) is 0 Å². The number of aliphatic hydroxyl groups is 1. The zero-order valence-corrected chi connectivity index (χ0v) is 13.8. The van der Waals surface area contributed by atoms with Crippen LogP contribution in [0, 0.1) is 5.92 Å². The molecule has 0 aliphatic heterocycles. The second-order valence-electron chi connectivity index (χ2n) is 6.19. The summed E-state index contributed by atoms with van der Waals surface area (Å²) in [6.45, 7) is 10.9. The van der Waals surface area contributed by atoms with Crippen molar-refractivity contribution in [3.63, 3.8) is 0 Å². The molecular weight excluding hydrogens is 266 g/mol. The van der Waals surface area contributed by atoms with Crippen molar-refractivity contribution in [1.29, 1.82) is 0 Å². The number of hydrogen-bond donors (Lipinski definition) is 2. The molecule has 1 rings (SSSR count). The van der Waals surface area contributed by atoms with E-state index in [0.717, 1.165) is 18.5 Å². The van der Waals surface area contributed by atoms with Crippen LogP contribution in [0.2, 0.25) is 0 Å². The van der Waals surface area contributed by atoms with E-state index in [2.05, 4.69) is 18.8 Å². The Morgan fingerprint density at radius 1 is 1.38 bits per heavy atom. The lowest BCUT2D eigenvalue weighted by atomic mass is 9.85. The standard InChI is InChI=1S/C17H33NO3/c1-4-15-7-5-6-8-17(15)21-13-16(19)11-18-9-10-20-12-14(2)3/h15-19H,2,4-13H2,1,3H3. The summed E-state index contributed by atoms with van der Waals surface area (Å²) in [5.41, 5.74) is 1.03. The van der Waals surface area contributed by atoms with E-state index >= 15 is 0 Å². The van der Waals surface area contributed by atoms with Gasteiger partial charge in [0, 0.05) is 13.1 Å². The van der Waals surface area contributed by atoms with Crippen LogP contribution in [-0.4, -0.2) is 50.2 Å². The maximum atomic E-state index is 9.94. The van der Waals surface area contributed by atoms with Crippen molar-refractivity contribution >= 4 is 0 Å². The molecule has 0 bridgehead atoms. The van der Waals surface area contributed by atoms with Crippen LogP contribution in [0.1, 0.15) is 46.0 Å². The third-order valence-corrected chi connectivity index (χ3v) is 4.02. The van der Waals surface area contributed by atoms with E-state index in [-0.39, 0.29) is 0 Å². The molecule has 21 heavy (non-hydrogen) atoms. The van der Waals surface area contributed by atoms with E-state index in [1.165, 1.54) is 25.7 Å². The fourth-order valence-corrected chi connectivity index (χ4v) is 2.81. The maximum absolute atomic E-state index is 9.94. The van der Waals surface area contributed by atoms with Crippen LogP contribution in [-0.2, 0) is 9.47 Å².